The van der Waals surface area contributed by atoms with Crippen LogP contribution in [0, 0.1) is 6.92 Å². The van der Waals surface area contributed by atoms with Gasteiger partial charge in [-0.3, -0.25) is 18.9 Å². The van der Waals surface area contributed by atoms with Crippen molar-refractivity contribution in [1.29, 1.82) is 0 Å². The van der Waals surface area contributed by atoms with Gasteiger partial charge >= 0.3 is 0 Å². The van der Waals surface area contributed by atoms with Crippen molar-refractivity contribution in [2.24, 2.45) is 0 Å². The van der Waals surface area contributed by atoms with Crippen molar-refractivity contribution < 1.29 is 9.59 Å². The largest absolute Gasteiger partial charge is 0.278 e. The van der Waals surface area contributed by atoms with Gasteiger partial charge in [0.25, 0.3) is 5.91 Å². The second-order valence-corrected chi connectivity index (χ2v) is 9.53. The molecule has 0 unspecified atom stereocenters. The number of likely N-dealkylation sites (tertiary alicyclic amines) is 1. The maximum atomic E-state index is 13.4. The number of aryl methyl sites for hydroxylation is 1. The van der Waals surface area contributed by atoms with Crippen LogP contribution >= 0.6 is 23.4 Å². The highest BCUT2D eigenvalue weighted by atomic mass is 35.5. The second kappa shape index (κ2) is 8.56. The zero-order chi connectivity index (χ0) is 22.2. The maximum absolute atomic E-state index is 13.4. The molecule has 5 rings (SSSR count). The van der Waals surface area contributed by atoms with Gasteiger partial charge in [-0.15, -0.1) is 10.2 Å². The van der Waals surface area contributed by atoms with E-state index in [-0.39, 0.29) is 11.8 Å². The minimum absolute atomic E-state index is 0.180. The van der Waals surface area contributed by atoms with E-state index in [0.717, 1.165) is 35.0 Å². The van der Waals surface area contributed by atoms with E-state index in [1.54, 1.807) is 24.3 Å². The summed E-state index contributed by atoms with van der Waals surface area (Å²) in [5.74, 6) is -0.466. The van der Waals surface area contributed by atoms with E-state index < -0.39 is 5.25 Å². The lowest BCUT2D eigenvalue weighted by molar-refractivity contribution is -0.127. The number of nitrogens with zero attached hydrogens (tertiary/aromatic N) is 4. The lowest BCUT2D eigenvalue weighted by Gasteiger charge is -2.22. The van der Waals surface area contributed by atoms with Crippen molar-refractivity contribution in [2.45, 2.75) is 36.6 Å². The third kappa shape index (κ3) is 3.76. The Bertz CT molecular complexity index is 1340. The first-order valence-corrected chi connectivity index (χ1v) is 11.8. The molecule has 1 fully saturated rings. The van der Waals surface area contributed by atoms with Gasteiger partial charge < -0.3 is 0 Å². The molecular formula is C24H21ClN4O2S. The Labute approximate surface area is 194 Å². The SMILES string of the molecule is Cc1cc2nnc(S[C@H]3CCCCN(C(=O)c4ccc(Cl)cc4)C3=O)n2c2ccccc12. The third-order valence-electron chi connectivity index (χ3n) is 5.80. The normalized spacial score (nSPS) is 17.1. The fraction of sp³-hybridized carbons (Fsp3) is 0.250. The highest BCUT2D eigenvalue weighted by molar-refractivity contribution is 8.00. The van der Waals surface area contributed by atoms with Crippen LogP contribution in [0.15, 0.2) is 59.8 Å². The number of benzene rings is 2. The average molecular weight is 465 g/mol. The van der Waals surface area contributed by atoms with Crippen LogP contribution in [-0.4, -0.2) is 43.1 Å². The van der Waals surface area contributed by atoms with Gasteiger partial charge in [0.1, 0.15) is 0 Å². The minimum atomic E-state index is -0.402. The molecule has 6 nitrogen and oxygen atoms in total. The molecule has 0 spiro atoms. The Kier molecular flexibility index (Phi) is 5.61. The molecule has 2 aromatic heterocycles. The number of hydrogen-bond donors (Lipinski definition) is 0. The van der Waals surface area contributed by atoms with E-state index in [1.165, 1.54) is 16.7 Å². The monoisotopic (exact) mass is 464 g/mol. The Morgan fingerprint density at radius 3 is 2.69 bits per heavy atom. The van der Waals surface area contributed by atoms with Crippen LogP contribution in [-0.2, 0) is 4.79 Å². The molecule has 1 aliphatic heterocycles. The molecule has 2 aromatic carbocycles. The fourth-order valence-corrected chi connectivity index (χ4v) is 5.42. The molecule has 2 amide bonds. The first-order chi connectivity index (χ1) is 15.5. The predicted octanol–water partition coefficient (Wildman–Crippen LogP) is 5.16. The molecule has 1 atom stereocenters. The summed E-state index contributed by atoms with van der Waals surface area (Å²) < 4.78 is 2.00. The standard InChI is InChI=1S/C24H21ClN4O2S/c1-15-14-21-26-27-24(29(21)19-7-3-2-6-18(15)19)32-20-8-4-5-13-28(23(20)31)22(30)16-9-11-17(25)12-10-16/h2-3,6-7,9-12,14,20H,4-5,8,13H2,1H3/t20-/m0/s1. The van der Waals surface area contributed by atoms with Gasteiger partial charge in [-0.2, -0.15) is 0 Å². The number of fused-ring (bicyclic) bond motifs is 3. The number of carbonyl (C=O) groups excluding carboxylic acids is 2. The average Bonchev–Trinajstić information content (AvgIpc) is 3.11. The molecule has 0 aliphatic carbocycles. The number of para-hydroxylation sites is 1. The van der Waals surface area contributed by atoms with Gasteiger partial charge in [-0.1, -0.05) is 48.0 Å². The summed E-state index contributed by atoms with van der Waals surface area (Å²) in [6, 6.07) is 16.8. The van der Waals surface area contributed by atoms with Gasteiger partial charge in [0.05, 0.1) is 10.8 Å². The highest BCUT2D eigenvalue weighted by Gasteiger charge is 2.33. The van der Waals surface area contributed by atoms with E-state index >= 15 is 0 Å². The first kappa shape index (κ1) is 21.0. The fourth-order valence-electron chi connectivity index (χ4n) is 4.14. The molecule has 4 aromatic rings. The lowest BCUT2D eigenvalue weighted by Crippen LogP contribution is -2.41. The molecule has 1 saturated heterocycles. The summed E-state index contributed by atoms with van der Waals surface area (Å²) in [6.45, 7) is 2.47. The van der Waals surface area contributed by atoms with Crippen molar-refractivity contribution in [1.82, 2.24) is 19.5 Å². The summed E-state index contributed by atoms with van der Waals surface area (Å²) in [4.78, 5) is 27.8. The van der Waals surface area contributed by atoms with E-state index in [2.05, 4.69) is 23.2 Å². The summed E-state index contributed by atoms with van der Waals surface area (Å²) in [6.07, 6.45) is 2.34. The molecule has 162 valence electrons. The molecule has 8 heteroatoms. The Hall–Kier alpha value is -2.90. The van der Waals surface area contributed by atoms with Crippen LogP contribution in [0.3, 0.4) is 0 Å². The summed E-state index contributed by atoms with van der Waals surface area (Å²) in [5.41, 5.74) is 3.34. The lowest BCUT2D eigenvalue weighted by atomic mass is 10.1. The van der Waals surface area contributed by atoms with Gasteiger partial charge in [0.2, 0.25) is 5.91 Å². The van der Waals surface area contributed by atoms with E-state index in [1.807, 2.05) is 28.7 Å². The zero-order valence-electron chi connectivity index (χ0n) is 17.5. The number of pyridine rings is 1. The van der Waals surface area contributed by atoms with Crippen LogP contribution in [0.25, 0.3) is 16.6 Å². The zero-order valence-corrected chi connectivity index (χ0v) is 19.1. The molecule has 0 N–H and O–H groups in total. The number of carbonyl (C=O) groups is 2. The Morgan fingerprint density at radius 2 is 1.88 bits per heavy atom. The number of imide groups is 1. The molecule has 0 bridgehead atoms. The molecule has 32 heavy (non-hydrogen) atoms. The summed E-state index contributed by atoms with van der Waals surface area (Å²) in [5, 5.41) is 10.7. The topological polar surface area (TPSA) is 67.6 Å². The van der Waals surface area contributed by atoms with Gasteiger partial charge in [0.15, 0.2) is 10.8 Å². The summed E-state index contributed by atoms with van der Waals surface area (Å²) >= 11 is 7.33. The van der Waals surface area contributed by atoms with Crippen molar-refractivity contribution in [3.8, 4) is 0 Å². The van der Waals surface area contributed by atoms with E-state index in [4.69, 9.17) is 11.6 Å². The number of aromatic nitrogens is 3. The van der Waals surface area contributed by atoms with Crippen LogP contribution in [0.5, 0.6) is 0 Å². The van der Waals surface area contributed by atoms with Crippen molar-refractivity contribution in [3.05, 3.63) is 70.7 Å². The Morgan fingerprint density at radius 1 is 1.09 bits per heavy atom. The van der Waals surface area contributed by atoms with Crippen molar-refractivity contribution in [2.75, 3.05) is 6.54 Å². The van der Waals surface area contributed by atoms with Gasteiger partial charge in [-0.25, -0.2) is 0 Å². The second-order valence-electron chi connectivity index (χ2n) is 7.92. The number of rotatable bonds is 3. The Balaban J connectivity index is 1.48. The van der Waals surface area contributed by atoms with Crippen molar-refractivity contribution in [3.63, 3.8) is 0 Å². The minimum Gasteiger partial charge on any atom is -0.278 e. The number of amides is 2. The number of hydrogen-bond acceptors (Lipinski definition) is 5. The van der Waals surface area contributed by atoms with Crippen LogP contribution in [0.1, 0.15) is 35.2 Å². The number of thioether (sulfide) groups is 1. The first-order valence-electron chi connectivity index (χ1n) is 10.5. The van der Waals surface area contributed by atoms with Crippen LogP contribution in [0.4, 0.5) is 0 Å². The van der Waals surface area contributed by atoms with Crippen LogP contribution < -0.4 is 0 Å². The quantitative estimate of drug-likeness (QED) is 0.392. The van der Waals surface area contributed by atoms with Crippen molar-refractivity contribution >= 4 is 51.7 Å². The molecule has 1 aliphatic rings. The third-order valence-corrected chi connectivity index (χ3v) is 7.25. The summed E-state index contributed by atoms with van der Waals surface area (Å²) in [7, 11) is 0. The maximum Gasteiger partial charge on any atom is 0.260 e. The number of halogens is 1. The molecule has 0 radical (unpaired) electrons. The van der Waals surface area contributed by atoms with Crippen LogP contribution in [0.2, 0.25) is 5.02 Å². The molecule has 0 saturated carbocycles. The molecular weight excluding hydrogens is 444 g/mol. The van der Waals surface area contributed by atoms with E-state index in [9.17, 15) is 9.59 Å². The van der Waals surface area contributed by atoms with E-state index in [0.29, 0.717) is 28.7 Å². The van der Waals surface area contributed by atoms with Gasteiger partial charge in [-0.05, 0) is 61.7 Å². The predicted molar refractivity (Wildman–Crippen MR) is 126 cm³/mol. The smallest absolute Gasteiger partial charge is 0.260 e. The highest BCUT2D eigenvalue weighted by Crippen LogP contribution is 2.32. The van der Waals surface area contributed by atoms with Gasteiger partial charge in [0, 0.05) is 22.5 Å². The molecule has 3 heterocycles.